The molecule has 1 saturated heterocycles. The van der Waals surface area contributed by atoms with Crippen LogP contribution >= 0.6 is 0 Å². The second-order valence-electron chi connectivity index (χ2n) is 6.45. The smallest absolute Gasteiger partial charge is 0.255 e. The molecule has 2 unspecified atom stereocenters. The summed E-state index contributed by atoms with van der Waals surface area (Å²) in [5.41, 5.74) is 1.86. The van der Waals surface area contributed by atoms with Crippen LogP contribution in [0.4, 0.5) is 5.69 Å². The van der Waals surface area contributed by atoms with Crippen molar-refractivity contribution in [2.24, 2.45) is 5.92 Å². The third-order valence-electron chi connectivity index (χ3n) is 4.59. The van der Waals surface area contributed by atoms with E-state index in [9.17, 15) is 9.59 Å². The van der Waals surface area contributed by atoms with Crippen molar-refractivity contribution >= 4 is 17.5 Å². The Balaban J connectivity index is 1.60. The van der Waals surface area contributed by atoms with Crippen molar-refractivity contribution in [2.45, 2.75) is 19.4 Å². The third kappa shape index (κ3) is 4.45. The summed E-state index contributed by atoms with van der Waals surface area (Å²) in [7, 11) is 0. The van der Waals surface area contributed by atoms with E-state index >= 15 is 0 Å². The number of hydrogen-bond acceptors (Lipinski definition) is 3. The van der Waals surface area contributed by atoms with Crippen LogP contribution < -0.4 is 16.0 Å². The summed E-state index contributed by atoms with van der Waals surface area (Å²) in [6.07, 6.45) is 1.06. The Hall–Kier alpha value is -2.66. The number of hydrogen-bond donors (Lipinski definition) is 3. The number of amides is 2. The van der Waals surface area contributed by atoms with Gasteiger partial charge in [0.05, 0.1) is 0 Å². The van der Waals surface area contributed by atoms with Crippen molar-refractivity contribution < 1.29 is 9.59 Å². The number of anilines is 1. The van der Waals surface area contributed by atoms with Gasteiger partial charge in [-0.2, -0.15) is 0 Å². The number of carbonyl (C=O) groups is 2. The molecule has 0 saturated carbocycles. The van der Waals surface area contributed by atoms with E-state index in [4.69, 9.17) is 0 Å². The summed E-state index contributed by atoms with van der Waals surface area (Å²) in [6, 6.07) is 16.1. The van der Waals surface area contributed by atoms with Crippen LogP contribution in [0.3, 0.4) is 0 Å². The lowest BCUT2D eigenvalue weighted by atomic mass is 9.94. The van der Waals surface area contributed by atoms with Crippen LogP contribution in [0.25, 0.3) is 0 Å². The van der Waals surface area contributed by atoms with E-state index in [-0.39, 0.29) is 17.9 Å². The first-order valence-electron chi connectivity index (χ1n) is 8.61. The molecule has 1 aliphatic heterocycles. The van der Waals surface area contributed by atoms with E-state index < -0.39 is 0 Å². The molecule has 0 bridgehead atoms. The third-order valence-corrected chi connectivity index (χ3v) is 4.59. The molecule has 0 aliphatic carbocycles. The fourth-order valence-corrected chi connectivity index (χ4v) is 2.93. The average molecular weight is 337 g/mol. The second kappa shape index (κ2) is 7.94. The minimum absolute atomic E-state index is 0.0820. The zero-order valence-electron chi connectivity index (χ0n) is 14.3. The zero-order valence-corrected chi connectivity index (χ0v) is 14.3. The van der Waals surface area contributed by atoms with E-state index in [1.54, 1.807) is 36.4 Å². The molecule has 130 valence electrons. The van der Waals surface area contributed by atoms with Crippen LogP contribution in [-0.4, -0.2) is 30.9 Å². The molecule has 5 heteroatoms. The molecular weight excluding hydrogens is 314 g/mol. The lowest BCUT2D eigenvalue weighted by molar-refractivity contribution is 0.0915. The molecule has 1 heterocycles. The molecule has 1 aliphatic rings. The predicted octanol–water partition coefficient (Wildman–Crippen LogP) is 2.67. The maximum absolute atomic E-state index is 12.4. The molecule has 25 heavy (non-hydrogen) atoms. The van der Waals surface area contributed by atoms with E-state index in [1.807, 2.05) is 18.2 Å². The molecule has 0 aromatic heterocycles. The van der Waals surface area contributed by atoms with Crippen LogP contribution in [0.1, 0.15) is 34.1 Å². The van der Waals surface area contributed by atoms with Crippen LogP contribution in [0, 0.1) is 5.92 Å². The van der Waals surface area contributed by atoms with Crippen LogP contribution in [-0.2, 0) is 0 Å². The summed E-state index contributed by atoms with van der Waals surface area (Å²) in [5.74, 6) is 0.219. The number of carbonyl (C=O) groups excluding carboxylic acids is 2. The highest BCUT2D eigenvalue weighted by molar-refractivity contribution is 6.04. The normalized spacial score (nSPS) is 19.9. The van der Waals surface area contributed by atoms with Crippen LogP contribution in [0.2, 0.25) is 0 Å². The first-order chi connectivity index (χ1) is 12.1. The van der Waals surface area contributed by atoms with Gasteiger partial charge in [0.15, 0.2) is 0 Å². The fraction of sp³-hybridized carbons (Fsp3) is 0.300. The van der Waals surface area contributed by atoms with E-state index in [1.165, 1.54) is 0 Å². The molecule has 3 rings (SSSR count). The Morgan fingerprint density at radius 2 is 1.64 bits per heavy atom. The number of rotatable bonds is 4. The van der Waals surface area contributed by atoms with Gasteiger partial charge in [0, 0.05) is 29.4 Å². The van der Waals surface area contributed by atoms with Crippen molar-refractivity contribution in [1.82, 2.24) is 10.6 Å². The topological polar surface area (TPSA) is 70.2 Å². The minimum atomic E-state index is -0.167. The zero-order chi connectivity index (χ0) is 17.6. The lowest BCUT2D eigenvalue weighted by Crippen LogP contribution is -2.50. The van der Waals surface area contributed by atoms with Gasteiger partial charge in [-0.25, -0.2) is 0 Å². The predicted molar refractivity (Wildman–Crippen MR) is 98.7 cm³/mol. The number of benzene rings is 2. The van der Waals surface area contributed by atoms with E-state index in [0.29, 0.717) is 22.7 Å². The monoisotopic (exact) mass is 337 g/mol. The summed E-state index contributed by atoms with van der Waals surface area (Å²) >= 11 is 0. The van der Waals surface area contributed by atoms with Crippen molar-refractivity contribution in [1.29, 1.82) is 0 Å². The van der Waals surface area contributed by atoms with Crippen molar-refractivity contribution in [2.75, 3.05) is 18.4 Å². The summed E-state index contributed by atoms with van der Waals surface area (Å²) in [5, 5.41) is 9.22. The quantitative estimate of drug-likeness (QED) is 0.803. The Labute approximate surface area is 147 Å². The Morgan fingerprint density at radius 1 is 0.960 bits per heavy atom. The van der Waals surface area contributed by atoms with E-state index in [2.05, 4.69) is 22.9 Å². The Kier molecular flexibility index (Phi) is 5.46. The maximum Gasteiger partial charge on any atom is 0.255 e. The molecule has 3 N–H and O–H groups in total. The maximum atomic E-state index is 12.4. The van der Waals surface area contributed by atoms with Crippen LogP contribution in [0.5, 0.6) is 0 Å². The van der Waals surface area contributed by atoms with Gasteiger partial charge in [0.1, 0.15) is 0 Å². The van der Waals surface area contributed by atoms with Gasteiger partial charge in [0.2, 0.25) is 0 Å². The van der Waals surface area contributed by atoms with Gasteiger partial charge < -0.3 is 16.0 Å². The number of nitrogens with one attached hydrogen (secondary N) is 3. The van der Waals surface area contributed by atoms with Crippen LogP contribution in [0.15, 0.2) is 54.6 Å². The van der Waals surface area contributed by atoms with Gasteiger partial charge in [-0.15, -0.1) is 0 Å². The molecule has 1 fully saturated rings. The summed E-state index contributed by atoms with van der Waals surface area (Å²) in [4.78, 5) is 24.5. The Morgan fingerprint density at radius 3 is 2.32 bits per heavy atom. The van der Waals surface area contributed by atoms with Gasteiger partial charge in [0.25, 0.3) is 11.8 Å². The fourth-order valence-electron chi connectivity index (χ4n) is 2.93. The molecule has 0 spiro atoms. The largest absolute Gasteiger partial charge is 0.348 e. The van der Waals surface area contributed by atoms with E-state index in [0.717, 1.165) is 19.5 Å². The highest BCUT2D eigenvalue weighted by Crippen LogP contribution is 2.14. The molecule has 0 radical (unpaired) electrons. The molecule has 2 amide bonds. The molecule has 2 aromatic carbocycles. The molecule has 2 aromatic rings. The first kappa shape index (κ1) is 17.2. The lowest BCUT2D eigenvalue weighted by Gasteiger charge is -2.30. The second-order valence-corrected chi connectivity index (χ2v) is 6.45. The molecule has 5 nitrogen and oxygen atoms in total. The highest BCUT2D eigenvalue weighted by atomic mass is 16.2. The summed E-state index contributed by atoms with van der Waals surface area (Å²) in [6.45, 7) is 3.97. The van der Waals surface area contributed by atoms with Crippen molar-refractivity contribution in [3.8, 4) is 0 Å². The average Bonchev–Trinajstić information content (AvgIpc) is 2.65. The van der Waals surface area contributed by atoms with Crippen molar-refractivity contribution in [3.63, 3.8) is 0 Å². The van der Waals surface area contributed by atoms with Crippen molar-refractivity contribution in [3.05, 3.63) is 65.7 Å². The van der Waals surface area contributed by atoms with Gasteiger partial charge in [-0.3, -0.25) is 9.59 Å². The Bertz CT molecular complexity index is 728. The van der Waals surface area contributed by atoms with Gasteiger partial charge in [-0.1, -0.05) is 25.1 Å². The SMILES string of the molecule is CC1CCNCC1NC(=O)c1ccc(NC(=O)c2ccccc2)cc1. The summed E-state index contributed by atoms with van der Waals surface area (Å²) < 4.78 is 0. The molecular formula is C20H23N3O2. The minimum Gasteiger partial charge on any atom is -0.348 e. The highest BCUT2D eigenvalue weighted by Gasteiger charge is 2.22. The number of piperidine rings is 1. The van der Waals surface area contributed by atoms with Gasteiger partial charge >= 0.3 is 0 Å². The first-order valence-corrected chi connectivity index (χ1v) is 8.61. The molecule has 2 atom stereocenters. The van der Waals surface area contributed by atoms with Gasteiger partial charge in [-0.05, 0) is 55.3 Å². The standard InChI is InChI=1S/C20H23N3O2/c1-14-11-12-21-13-18(14)23-20(25)16-7-9-17(10-8-16)22-19(24)15-5-3-2-4-6-15/h2-10,14,18,21H,11-13H2,1H3,(H,22,24)(H,23,25).